The van der Waals surface area contributed by atoms with E-state index < -0.39 is 16.6 Å². The van der Waals surface area contributed by atoms with Crippen molar-refractivity contribution >= 4 is 28.1 Å². The highest BCUT2D eigenvalue weighted by Gasteiger charge is 2.07. The molecule has 0 saturated heterocycles. The van der Waals surface area contributed by atoms with E-state index in [0.29, 0.717) is 30.2 Å². The van der Waals surface area contributed by atoms with E-state index in [1.807, 2.05) is 0 Å². The van der Waals surface area contributed by atoms with E-state index in [9.17, 15) is 13.4 Å². The lowest BCUT2D eigenvalue weighted by atomic mass is 10.2. The number of nitrogens with one attached hydrogen (secondary N) is 1. The van der Waals surface area contributed by atoms with Gasteiger partial charge >= 0.3 is 0 Å². The first-order valence-corrected chi connectivity index (χ1v) is 7.70. The number of benzene rings is 1. The third-order valence-electron chi connectivity index (χ3n) is 2.58. The highest BCUT2D eigenvalue weighted by molar-refractivity contribution is 7.84. The van der Waals surface area contributed by atoms with E-state index in [4.69, 9.17) is 10.5 Å². The minimum Gasteiger partial charge on any atom is -0.397 e. The predicted octanol–water partition coefficient (Wildman–Crippen LogP) is 1.52. The molecule has 0 saturated carbocycles. The Balaban J connectivity index is 2.31. The van der Waals surface area contributed by atoms with Crippen LogP contribution in [0.15, 0.2) is 18.2 Å². The van der Waals surface area contributed by atoms with E-state index in [1.165, 1.54) is 12.1 Å². The Labute approximate surface area is 120 Å². The van der Waals surface area contributed by atoms with Crippen LogP contribution in [0.4, 0.5) is 15.8 Å². The lowest BCUT2D eigenvalue weighted by Gasteiger charge is -2.08. The number of ether oxygens (including phenoxy) is 1. The molecule has 0 fully saturated rings. The molecule has 112 valence electrons. The van der Waals surface area contributed by atoms with E-state index in [1.54, 1.807) is 7.11 Å². The Morgan fingerprint density at radius 2 is 2.20 bits per heavy atom. The molecule has 20 heavy (non-hydrogen) atoms. The molecule has 3 N–H and O–H groups in total. The van der Waals surface area contributed by atoms with Gasteiger partial charge in [0.2, 0.25) is 5.91 Å². The van der Waals surface area contributed by atoms with Crippen molar-refractivity contribution in [1.82, 2.24) is 0 Å². The van der Waals surface area contributed by atoms with Gasteiger partial charge in [0.1, 0.15) is 5.82 Å². The topological polar surface area (TPSA) is 81.4 Å². The molecule has 1 aromatic carbocycles. The van der Waals surface area contributed by atoms with Crippen LogP contribution >= 0.6 is 0 Å². The molecule has 1 amide bonds. The van der Waals surface area contributed by atoms with Gasteiger partial charge in [-0.15, -0.1) is 0 Å². The zero-order valence-electron chi connectivity index (χ0n) is 11.4. The molecule has 0 radical (unpaired) electrons. The molecule has 0 aliphatic carbocycles. The molecule has 0 aliphatic rings. The second kappa shape index (κ2) is 8.65. The summed E-state index contributed by atoms with van der Waals surface area (Å²) in [5.74, 6) is 0.250. The fourth-order valence-corrected chi connectivity index (χ4v) is 2.56. The van der Waals surface area contributed by atoms with Crippen LogP contribution in [0.25, 0.3) is 0 Å². The van der Waals surface area contributed by atoms with E-state index in [-0.39, 0.29) is 18.0 Å². The number of carbonyl (C=O) groups is 1. The molecular formula is C13H19FN2O3S. The number of amides is 1. The minimum atomic E-state index is -0.970. The SMILES string of the molecule is COCCS(=O)CCCC(=O)Nc1ccc(F)cc1N. The molecule has 1 unspecified atom stereocenters. The van der Waals surface area contributed by atoms with Gasteiger partial charge in [-0.05, 0) is 24.6 Å². The van der Waals surface area contributed by atoms with Crippen molar-refractivity contribution in [2.45, 2.75) is 12.8 Å². The Morgan fingerprint density at radius 1 is 1.45 bits per heavy atom. The second-order valence-corrected chi connectivity index (χ2v) is 5.92. The number of methoxy groups -OCH3 is 1. The van der Waals surface area contributed by atoms with Crippen molar-refractivity contribution < 1.29 is 18.1 Å². The molecule has 0 heterocycles. The van der Waals surface area contributed by atoms with Crippen molar-refractivity contribution in [1.29, 1.82) is 0 Å². The third kappa shape index (κ3) is 6.12. The van der Waals surface area contributed by atoms with Gasteiger partial charge in [0.15, 0.2) is 0 Å². The number of halogens is 1. The van der Waals surface area contributed by atoms with E-state index >= 15 is 0 Å². The molecule has 7 heteroatoms. The summed E-state index contributed by atoms with van der Waals surface area (Å²) in [6.45, 7) is 0.449. The summed E-state index contributed by atoms with van der Waals surface area (Å²) < 4.78 is 29.1. The Hall–Kier alpha value is -1.47. The Bertz CT molecular complexity index is 483. The van der Waals surface area contributed by atoms with Gasteiger partial charge in [0.05, 0.1) is 18.0 Å². The summed E-state index contributed by atoms with van der Waals surface area (Å²) in [5, 5.41) is 2.60. The first-order chi connectivity index (χ1) is 9.52. The molecule has 1 aromatic rings. The standard InChI is InChI=1S/C13H19FN2O3S/c1-19-6-8-20(18)7-2-3-13(17)16-12-5-4-10(14)9-11(12)15/h4-5,9H,2-3,6-8,15H2,1H3,(H,16,17). The summed E-state index contributed by atoms with van der Waals surface area (Å²) in [6.07, 6.45) is 0.763. The molecule has 1 atom stereocenters. The number of hydrogen-bond acceptors (Lipinski definition) is 4. The number of nitrogens with two attached hydrogens (primary N) is 1. The van der Waals surface area contributed by atoms with Crippen LogP contribution in [0.2, 0.25) is 0 Å². The summed E-state index contributed by atoms with van der Waals surface area (Å²) in [6, 6.07) is 3.79. The maximum atomic E-state index is 12.8. The highest BCUT2D eigenvalue weighted by atomic mass is 32.2. The lowest BCUT2D eigenvalue weighted by Crippen LogP contribution is -2.15. The maximum Gasteiger partial charge on any atom is 0.224 e. The van der Waals surface area contributed by atoms with Crippen molar-refractivity contribution in [3.05, 3.63) is 24.0 Å². The van der Waals surface area contributed by atoms with Crippen LogP contribution in [0.5, 0.6) is 0 Å². The van der Waals surface area contributed by atoms with Crippen LogP contribution in [0.3, 0.4) is 0 Å². The third-order valence-corrected chi connectivity index (χ3v) is 3.94. The first kappa shape index (κ1) is 16.6. The zero-order valence-corrected chi connectivity index (χ0v) is 12.2. The first-order valence-electron chi connectivity index (χ1n) is 6.21. The van der Waals surface area contributed by atoms with Crippen molar-refractivity contribution in [2.24, 2.45) is 0 Å². The predicted molar refractivity (Wildman–Crippen MR) is 78.4 cm³/mol. The van der Waals surface area contributed by atoms with E-state index in [2.05, 4.69) is 5.32 Å². The van der Waals surface area contributed by atoms with Crippen LogP contribution in [-0.2, 0) is 20.3 Å². The summed E-state index contributed by atoms with van der Waals surface area (Å²) >= 11 is 0. The fraction of sp³-hybridized carbons (Fsp3) is 0.462. The fourth-order valence-electron chi connectivity index (χ4n) is 1.53. The average molecular weight is 302 g/mol. The monoisotopic (exact) mass is 302 g/mol. The molecule has 1 rings (SSSR count). The quantitative estimate of drug-likeness (QED) is 0.713. The molecule has 0 aliphatic heterocycles. The number of hydrogen-bond donors (Lipinski definition) is 2. The van der Waals surface area contributed by atoms with Gasteiger partial charge in [-0.3, -0.25) is 9.00 Å². The zero-order chi connectivity index (χ0) is 15.0. The highest BCUT2D eigenvalue weighted by Crippen LogP contribution is 2.19. The normalized spacial score (nSPS) is 12.1. The number of nitrogen functional groups attached to an aromatic ring is 1. The van der Waals surface area contributed by atoms with Crippen molar-refractivity contribution in [3.63, 3.8) is 0 Å². The van der Waals surface area contributed by atoms with Gasteiger partial charge in [-0.25, -0.2) is 4.39 Å². The molecule has 0 spiro atoms. The second-order valence-electron chi connectivity index (χ2n) is 4.22. The molecule has 0 bridgehead atoms. The summed E-state index contributed by atoms with van der Waals surface area (Å²) in [7, 11) is 0.584. The molecular weight excluding hydrogens is 283 g/mol. The number of anilines is 2. The molecule has 0 aromatic heterocycles. The minimum absolute atomic E-state index is 0.182. The average Bonchev–Trinajstić information content (AvgIpc) is 2.39. The smallest absolute Gasteiger partial charge is 0.224 e. The van der Waals surface area contributed by atoms with Crippen LogP contribution in [-0.4, -0.2) is 35.3 Å². The van der Waals surface area contributed by atoms with Crippen molar-refractivity contribution in [3.8, 4) is 0 Å². The number of rotatable bonds is 8. The molecule has 5 nitrogen and oxygen atoms in total. The van der Waals surface area contributed by atoms with Crippen LogP contribution in [0, 0.1) is 5.82 Å². The summed E-state index contributed by atoms with van der Waals surface area (Å²) in [5.41, 5.74) is 6.15. The Morgan fingerprint density at radius 3 is 2.85 bits per heavy atom. The Kier molecular flexibility index (Phi) is 7.17. The lowest BCUT2D eigenvalue weighted by molar-refractivity contribution is -0.116. The van der Waals surface area contributed by atoms with Gasteiger partial charge in [0.25, 0.3) is 0 Å². The van der Waals surface area contributed by atoms with Gasteiger partial charge in [0, 0.05) is 35.8 Å². The van der Waals surface area contributed by atoms with Crippen LogP contribution < -0.4 is 11.1 Å². The van der Waals surface area contributed by atoms with Crippen LogP contribution in [0.1, 0.15) is 12.8 Å². The van der Waals surface area contributed by atoms with Crippen molar-refractivity contribution in [2.75, 3.05) is 36.3 Å². The number of carbonyl (C=O) groups excluding carboxylic acids is 1. The van der Waals surface area contributed by atoms with Gasteiger partial charge < -0.3 is 15.8 Å². The van der Waals surface area contributed by atoms with Gasteiger partial charge in [-0.1, -0.05) is 0 Å². The van der Waals surface area contributed by atoms with E-state index in [0.717, 1.165) is 6.07 Å². The van der Waals surface area contributed by atoms with Gasteiger partial charge in [-0.2, -0.15) is 0 Å². The summed E-state index contributed by atoms with van der Waals surface area (Å²) in [4.78, 5) is 11.7. The maximum absolute atomic E-state index is 12.8. The largest absolute Gasteiger partial charge is 0.397 e.